The topological polar surface area (TPSA) is 34.4 Å². The molecule has 0 radical (unpaired) electrons. The molecule has 0 aliphatic rings. The third kappa shape index (κ3) is 4.53. The zero-order valence-electron chi connectivity index (χ0n) is 11.6. The van der Waals surface area contributed by atoms with Crippen molar-refractivity contribution in [3.05, 3.63) is 54.0 Å². The van der Waals surface area contributed by atoms with Crippen LogP contribution in [0.3, 0.4) is 0 Å². The number of nitrogens with one attached hydrogen (secondary N) is 1. The van der Waals surface area contributed by atoms with Crippen LogP contribution >= 0.6 is 0 Å². The first-order valence-corrected chi connectivity index (χ1v) is 6.50. The number of benzene rings is 1. The molecule has 1 heterocycles. The van der Waals surface area contributed by atoms with Gasteiger partial charge in [-0.15, -0.1) is 13.2 Å². The van der Waals surface area contributed by atoms with Crippen molar-refractivity contribution >= 4 is 0 Å². The Bertz CT molecular complexity index is 549. The molecule has 1 unspecified atom stereocenters. The van der Waals surface area contributed by atoms with Crippen LogP contribution in [0.5, 0.6) is 5.75 Å². The predicted octanol–water partition coefficient (Wildman–Crippen LogP) is 4.59. The molecule has 114 valence electrons. The zero-order valence-corrected chi connectivity index (χ0v) is 11.6. The van der Waals surface area contributed by atoms with Gasteiger partial charge >= 0.3 is 6.36 Å². The maximum atomic E-state index is 12.1. The van der Waals surface area contributed by atoms with Gasteiger partial charge < -0.3 is 14.5 Å². The van der Waals surface area contributed by atoms with Crippen molar-refractivity contribution in [2.75, 3.05) is 0 Å². The Morgan fingerprint density at radius 2 is 1.71 bits per heavy atom. The summed E-state index contributed by atoms with van der Waals surface area (Å²) >= 11 is 0. The van der Waals surface area contributed by atoms with Crippen molar-refractivity contribution < 1.29 is 22.3 Å². The molecule has 3 nitrogen and oxygen atoms in total. The van der Waals surface area contributed by atoms with E-state index in [9.17, 15) is 13.2 Å². The minimum absolute atomic E-state index is 0.00102. The van der Waals surface area contributed by atoms with Gasteiger partial charge in [0.25, 0.3) is 0 Å². The molecule has 0 bridgehead atoms. The average molecular weight is 299 g/mol. The van der Waals surface area contributed by atoms with E-state index in [2.05, 4.69) is 10.1 Å². The molecule has 0 aliphatic heterocycles. The van der Waals surface area contributed by atoms with E-state index in [1.165, 1.54) is 12.1 Å². The van der Waals surface area contributed by atoms with Crippen LogP contribution in [-0.4, -0.2) is 6.36 Å². The van der Waals surface area contributed by atoms with E-state index in [1.807, 2.05) is 19.9 Å². The van der Waals surface area contributed by atoms with Gasteiger partial charge in [0, 0.05) is 6.04 Å². The van der Waals surface area contributed by atoms with Crippen molar-refractivity contribution in [2.45, 2.75) is 32.3 Å². The number of halogens is 3. The summed E-state index contributed by atoms with van der Waals surface area (Å²) in [6, 6.07) is 9.45. The highest BCUT2D eigenvalue weighted by Gasteiger charge is 2.31. The molecule has 0 fully saturated rings. The zero-order chi connectivity index (χ0) is 15.5. The summed E-state index contributed by atoms with van der Waals surface area (Å²) in [5.74, 6) is 0.580. The number of furan rings is 1. The summed E-state index contributed by atoms with van der Waals surface area (Å²) in [4.78, 5) is 0. The molecule has 0 aliphatic carbocycles. The highest BCUT2D eigenvalue weighted by Crippen LogP contribution is 2.25. The summed E-state index contributed by atoms with van der Waals surface area (Å²) < 4.78 is 45.4. The van der Waals surface area contributed by atoms with Gasteiger partial charge in [0.05, 0.1) is 12.3 Å². The summed E-state index contributed by atoms with van der Waals surface area (Å²) in [6.45, 7) is 3.88. The number of ether oxygens (including phenoxy) is 1. The van der Waals surface area contributed by atoms with E-state index in [0.717, 1.165) is 11.3 Å². The van der Waals surface area contributed by atoms with Crippen LogP contribution in [0.4, 0.5) is 13.2 Å². The molecule has 1 aromatic heterocycles. The molecule has 2 atom stereocenters. The second kappa shape index (κ2) is 6.22. The van der Waals surface area contributed by atoms with Crippen LogP contribution in [0.15, 0.2) is 47.1 Å². The minimum atomic E-state index is -4.67. The second-order valence-electron chi connectivity index (χ2n) is 4.74. The Hall–Kier alpha value is -1.95. The Morgan fingerprint density at radius 3 is 2.24 bits per heavy atom. The third-order valence-corrected chi connectivity index (χ3v) is 3.08. The van der Waals surface area contributed by atoms with Crippen LogP contribution in [0.25, 0.3) is 0 Å². The molecular formula is C15H16F3NO2. The summed E-state index contributed by atoms with van der Waals surface area (Å²) in [5, 5.41) is 3.31. The van der Waals surface area contributed by atoms with Gasteiger partial charge in [0.2, 0.25) is 0 Å². The van der Waals surface area contributed by atoms with E-state index in [-0.39, 0.29) is 17.8 Å². The van der Waals surface area contributed by atoms with Gasteiger partial charge in [-0.3, -0.25) is 0 Å². The van der Waals surface area contributed by atoms with Gasteiger partial charge in [-0.25, -0.2) is 0 Å². The second-order valence-corrected chi connectivity index (χ2v) is 4.74. The first-order chi connectivity index (χ1) is 9.85. The van der Waals surface area contributed by atoms with E-state index >= 15 is 0 Å². The standard InChI is InChI=1S/C15H16F3NO2/c1-10(19-11(2)14-4-3-9-20-14)12-5-7-13(8-6-12)21-15(16,17)18/h3-11,19H,1-2H3/t10?,11-/m1/s1. The molecule has 0 saturated heterocycles. The Kier molecular flexibility index (Phi) is 4.57. The fraction of sp³-hybridized carbons (Fsp3) is 0.333. The predicted molar refractivity (Wildman–Crippen MR) is 71.8 cm³/mol. The molecule has 1 N–H and O–H groups in total. The Morgan fingerprint density at radius 1 is 1.05 bits per heavy atom. The molecular weight excluding hydrogens is 283 g/mol. The van der Waals surface area contributed by atoms with Crippen molar-refractivity contribution in [2.24, 2.45) is 0 Å². The molecule has 0 saturated carbocycles. The quantitative estimate of drug-likeness (QED) is 0.877. The number of hydrogen-bond donors (Lipinski definition) is 1. The van der Waals surface area contributed by atoms with Crippen molar-refractivity contribution in [1.29, 1.82) is 0 Å². The molecule has 0 amide bonds. The van der Waals surface area contributed by atoms with Crippen LogP contribution in [0.1, 0.15) is 37.3 Å². The lowest BCUT2D eigenvalue weighted by Gasteiger charge is -2.19. The van der Waals surface area contributed by atoms with Gasteiger partial charge in [0.1, 0.15) is 11.5 Å². The highest BCUT2D eigenvalue weighted by atomic mass is 19.4. The smallest absolute Gasteiger partial charge is 0.468 e. The lowest BCUT2D eigenvalue weighted by Crippen LogP contribution is -2.22. The molecule has 6 heteroatoms. The van der Waals surface area contributed by atoms with Crippen molar-refractivity contribution in [3.8, 4) is 5.75 Å². The lowest BCUT2D eigenvalue weighted by molar-refractivity contribution is -0.274. The number of rotatable bonds is 5. The molecule has 21 heavy (non-hydrogen) atoms. The monoisotopic (exact) mass is 299 g/mol. The molecule has 1 aromatic carbocycles. The highest BCUT2D eigenvalue weighted by molar-refractivity contribution is 5.29. The molecule has 2 rings (SSSR count). The van der Waals surface area contributed by atoms with Crippen LogP contribution in [0, 0.1) is 0 Å². The lowest BCUT2D eigenvalue weighted by atomic mass is 10.1. The summed E-state index contributed by atoms with van der Waals surface area (Å²) in [7, 11) is 0. The maximum Gasteiger partial charge on any atom is 0.573 e. The van der Waals surface area contributed by atoms with E-state index in [1.54, 1.807) is 24.5 Å². The van der Waals surface area contributed by atoms with Crippen LogP contribution in [0.2, 0.25) is 0 Å². The minimum Gasteiger partial charge on any atom is -0.468 e. The largest absolute Gasteiger partial charge is 0.573 e. The van der Waals surface area contributed by atoms with E-state index < -0.39 is 6.36 Å². The van der Waals surface area contributed by atoms with Gasteiger partial charge in [-0.05, 0) is 43.7 Å². The molecule has 0 spiro atoms. The van der Waals surface area contributed by atoms with Gasteiger partial charge in [-0.1, -0.05) is 12.1 Å². The first kappa shape index (κ1) is 15.4. The van der Waals surface area contributed by atoms with Crippen LogP contribution < -0.4 is 10.1 Å². The van der Waals surface area contributed by atoms with Crippen molar-refractivity contribution in [3.63, 3.8) is 0 Å². The Labute approximate surface area is 120 Å². The normalized spacial score (nSPS) is 14.7. The number of alkyl halides is 3. The SMILES string of the molecule is CC(N[C@H](C)c1ccco1)c1ccc(OC(F)(F)F)cc1. The number of hydrogen-bond acceptors (Lipinski definition) is 3. The summed E-state index contributed by atoms with van der Waals surface area (Å²) in [6.07, 6.45) is -3.07. The molecule has 2 aromatic rings. The Balaban J connectivity index is 1.98. The summed E-state index contributed by atoms with van der Waals surface area (Å²) in [5.41, 5.74) is 0.864. The fourth-order valence-corrected chi connectivity index (χ4v) is 2.05. The maximum absolute atomic E-state index is 12.1. The van der Waals surface area contributed by atoms with E-state index in [0.29, 0.717) is 0 Å². The third-order valence-electron chi connectivity index (χ3n) is 3.08. The van der Waals surface area contributed by atoms with Crippen molar-refractivity contribution in [1.82, 2.24) is 5.32 Å². The van der Waals surface area contributed by atoms with Crippen LogP contribution in [-0.2, 0) is 0 Å². The van der Waals surface area contributed by atoms with Gasteiger partial charge in [-0.2, -0.15) is 0 Å². The van der Waals surface area contributed by atoms with E-state index in [4.69, 9.17) is 4.42 Å². The van der Waals surface area contributed by atoms with Gasteiger partial charge in [0.15, 0.2) is 0 Å². The average Bonchev–Trinajstić information content (AvgIpc) is 2.91. The fourth-order valence-electron chi connectivity index (χ4n) is 2.05. The first-order valence-electron chi connectivity index (χ1n) is 6.50.